The number of aryl methyl sites for hydroxylation is 2. The van der Waals surface area contributed by atoms with Gasteiger partial charge < -0.3 is 9.26 Å². The van der Waals surface area contributed by atoms with Gasteiger partial charge in [0, 0.05) is 12.1 Å². The molecular weight excluding hydrogens is 410 g/mol. The van der Waals surface area contributed by atoms with Gasteiger partial charge in [-0.15, -0.1) is 10.2 Å². The second-order valence-electron chi connectivity index (χ2n) is 7.24. The summed E-state index contributed by atoms with van der Waals surface area (Å²) in [6.45, 7) is 6.20. The lowest BCUT2D eigenvalue weighted by Gasteiger charge is -2.13. The third-order valence-corrected chi connectivity index (χ3v) is 5.89. The van der Waals surface area contributed by atoms with Gasteiger partial charge in [-0.2, -0.15) is 4.98 Å². The Labute approximate surface area is 185 Å². The van der Waals surface area contributed by atoms with Crippen LogP contribution >= 0.6 is 11.8 Å². The maximum absolute atomic E-state index is 5.57. The molecule has 8 heteroatoms. The third-order valence-electron chi connectivity index (χ3n) is 4.86. The quantitative estimate of drug-likeness (QED) is 0.341. The Balaban J connectivity index is 1.75. The first kappa shape index (κ1) is 21.1. The molecule has 0 radical (unpaired) electrons. The predicted molar refractivity (Wildman–Crippen MR) is 121 cm³/mol. The van der Waals surface area contributed by atoms with Gasteiger partial charge in [-0.25, -0.2) is 0 Å². The van der Waals surface area contributed by atoms with Crippen LogP contribution in [0.15, 0.2) is 58.2 Å². The number of hydrogen-bond donors (Lipinski definition) is 0. The van der Waals surface area contributed by atoms with E-state index >= 15 is 0 Å². The summed E-state index contributed by atoms with van der Waals surface area (Å²) in [5, 5.41) is 13.8. The molecule has 160 valence electrons. The van der Waals surface area contributed by atoms with E-state index in [4.69, 9.17) is 9.26 Å². The molecule has 2 heterocycles. The second-order valence-corrected chi connectivity index (χ2v) is 8.54. The first-order valence-corrected chi connectivity index (χ1v) is 11.1. The molecule has 0 aliphatic rings. The molecular formula is C23H25N5O2S. The smallest absolute Gasteiger partial charge is 0.239 e. The Morgan fingerprint density at radius 2 is 1.87 bits per heavy atom. The van der Waals surface area contributed by atoms with Crippen molar-refractivity contribution in [2.45, 2.75) is 44.0 Å². The van der Waals surface area contributed by atoms with Crippen molar-refractivity contribution in [3.05, 3.63) is 65.8 Å². The summed E-state index contributed by atoms with van der Waals surface area (Å²) >= 11 is 1.53. The summed E-state index contributed by atoms with van der Waals surface area (Å²) in [6.07, 6.45) is 1.78. The van der Waals surface area contributed by atoms with Crippen molar-refractivity contribution in [1.29, 1.82) is 0 Å². The lowest BCUT2D eigenvalue weighted by Crippen LogP contribution is -2.02. The van der Waals surface area contributed by atoms with E-state index in [2.05, 4.69) is 58.5 Å². The van der Waals surface area contributed by atoms with E-state index in [0.717, 1.165) is 40.8 Å². The molecule has 2 aromatic carbocycles. The Kier molecular flexibility index (Phi) is 6.36. The van der Waals surface area contributed by atoms with Crippen molar-refractivity contribution < 1.29 is 9.26 Å². The number of rotatable bonds is 8. The van der Waals surface area contributed by atoms with E-state index in [0.29, 0.717) is 11.7 Å². The van der Waals surface area contributed by atoms with Gasteiger partial charge in [0.25, 0.3) is 0 Å². The zero-order valence-electron chi connectivity index (χ0n) is 18.1. The van der Waals surface area contributed by atoms with E-state index in [1.807, 2.05) is 35.8 Å². The van der Waals surface area contributed by atoms with Gasteiger partial charge >= 0.3 is 0 Å². The standard InChI is InChI=1S/C23H25N5O2S/c1-5-8-20-24-22(30-27-20)16(3)31-23-26-25-21(18-9-6-7-10-19(18)29-4)28(23)17-13-11-15(2)12-14-17/h6-7,9-14,16H,5,8H2,1-4H3/t16-/m1/s1. The molecule has 31 heavy (non-hydrogen) atoms. The van der Waals surface area contributed by atoms with Gasteiger partial charge in [0.15, 0.2) is 16.8 Å². The number of thioether (sulfide) groups is 1. The molecule has 0 amide bonds. The van der Waals surface area contributed by atoms with E-state index in [-0.39, 0.29) is 5.25 Å². The van der Waals surface area contributed by atoms with Crippen molar-refractivity contribution in [2.75, 3.05) is 7.11 Å². The molecule has 0 saturated heterocycles. The highest BCUT2D eigenvalue weighted by molar-refractivity contribution is 7.99. The Hall–Kier alpha value is -3.13. The van der Waals surface area contributed by atoms with Crippen LogP contribution in [-0.4, -0.2) is 32.0 Å². The molecule has 0 fully saturated rings. The fourth-order valence-corrected chi connectivity index (χ4v) is 4.14. The highest BCUT2D eigenvalue weighted by Crippen LogP contribution is 2.38. The number of methoxy groups -OCH3 is 1. The van der Waals surface area contributed by atoms with Crippen molar-refractivity contribution in [2.24, 2.45) is 0 Å². The summed E-state index contributed by atoms with van der Waals surface area (Å²) < 4.78 is 13.1. The molecule has 1 atom stereocenters. The van der Waals surface area contributed by atoms with Gasteiger partial charge in [0.1, 0.15) is 5.75 Å². The fourth-order valence-electron chi connectivity index (χ4n) is 3.24. The maximum Gasteiger partial charge on any atom is 0.239 e. The summed E-state index contributed by atoms with van der Waals surface area (Å²) in [6, 6.07) is 16.1. The average molecular weight is 436 g/mol. The second kappa shape index (κ2) is 9.34. The van der Waals surface area contributed by atoms with E-state index in [1.54, 1.807) is 7.11 Å². The topological polar surface area (TPSA) is 78.9 Å². The summed E-state index contributed by atoms with van der Waals surface area (Å²) in [7, 11) is 1.66. The van der Waals surface area contributed by atoms with Crippen molar-refractivity contribution in [3.8, 4) is 22.8 Å². The van der Waals surface area contributed by atoms with E-state index in [9.17, 15) is 0 Å². The zero-order chi connectivity index (χ0) is 21.8. The average Bonchev–Trinajstić information content (AvgIpc) is 3.42. The van der Waals surface area contributed by atoms with Crippen LogP contribution in [0.25, 0.3) is 17.1 Å². The number of benzene rings is 2. The number of aromatic nitrogens is 5. The van der Waals surface area contributed by atoms with Gasteiger partial charge in [-0.3, -0.25) is 4.57 Å². The first-order valence-electron chi connectivity index (χ1n) is 10.3. The SMILES string of the molecule is CCCc1noc([C@@H](C)Sc2nnc(-c3ccccc3OC)n2-c2ccc(C)cc2)n1. The molecule has 2 aromatic heterocycles. The van der Waals surface area contributed by atoms with Crippen LogP contribution in [0, 0.1) is 6.92 Å². The van der Waals surface area contributed by atoms with Crippen LogP contribution in [0.1, 0.15) is 42.8 Å². The van der Waals surface area contributed by atoms with Crippen LogP contribution in [-0.2, 0) is 6.42 Å². The summed E-state index contributed by atoms with van der Waals surface area (Å²) in [4.78, 5) is 4.53. The zero-order valence-corrected chi connectivity index (χ0v) is 18.9. The largest absolute Gasteiger partial charge is 0.496 e. The van der Waals surface area contributed by atoms with Gasteiger partial charge in [-0.05, 0) is 44.5 Å². The number of hydrogen-bond acceptors (Lipinski definition) is 7. The normalized spacial score (nSPS) is 12.1. The molecule has 0 aliphatic heterocycles. The molecule has 4 aromatic rings. The molecule has 0 N–H and O–H groups in total. The van der Waals surface area contributed by atoms with Crippen LogP contribution < -0.4 is 4.74 Å². The summed E-state index contributed by atoms with van der Waals surface area (Å²) in [5.74, 6) is 2.78. The van der Waals surface area contributed by atoms with Crippen molar-refractivity contribution in [3.63, 3.8) is 0 Å². The van der Waals surface area contributed by atoms with Crippen LogP contribution in [0.2, 0.25) is 0 Å². The molecule has 0 saturated carbocycles. The Morgan fingerprint density at radius 3 is 2.61 bits per heavy atom. The van der Waals surface area contributed by atoms with Crippen molar-refractivity contribution >= 4 is 11.8 Å². The predicted octanol–water partition coefficient (Wildman–Crippen LogP) is 5.44. The van der Waals surface area contributed by atoms with Gasteiger partial charge in [0.05, 0.1) is 17.9 Å². The minimum atomic E-state index is -0.0722. The first-order chi connectivity index (χ1) is 15.1. The molecule has 7 nitrogen and oxygen atoms in total. The Bertz CT molecular complexity index is 1150. The highest BCUT2D eigenvalue weighted by atomic mass is 32.2. The number of nitrogens with zero attached hydrogens (tertiary/aromatic N) is 5. The van der Waals surface area contributed by atoms with Crippen LogP contribution in [0.4, 0.5) is 0 Å². The maximum atomic E-state index is 5.57. The lowest BCUT2D eigenvalue weighted by atomic mass is 10.1. The van der Waals surface area contributed by atoms with Crippen LogP contribution in [0.5, 0.6) is 5.75 Å². The summed E-state index contributed by atoms with van der Waals surface area (Å²) in [5.41, 5.74) is 3.04. The lowest BCUT2D eigenvalue weighted by molar-refractivity contribution is 0.374. The number of para-hydroxylation sites is 1. The molecule has 0 unspecified atom stereocenters. The minimum absolute atomic E-state index is 0.0722. The molecule has 4 rings (SSSR count). The number of ether oxygens (including phenoxy) is 1. The Morgan fingerprint density at radius 1 is 1.10 bits per heavy atom. The van der Waals surface area contributed by atoms with Gasteiger partial charge in [-0.1, -0.05) is 53.7 Å². The molecule has 0 spiro atoms. The fraction of sp³-hybridized carbons (Fsp3) is 0.304. The van der Waals surface area contributed by atoms with Gasteiger partial charge in [0.2, 0.25) is 5.89 Å². The highest BCUT2D eigenvalue weighted by Gasteiger charge is 2.23. The minimum Gasteiger partial charge on any atom is -0.496 e. The molecule has 0 aliphatic carbocycles. The third kappa shape index (κ3) is 4.49. The monoisotopic (exact) mass is 435 g/mol. The van der Waals surface area contributed by atoms with E-state index < -0.39 is 0 Å². The van der Waals surface area contributed by atoms with Crippen LogP contribution in [0.3, 0.4) is 0 Å². The van der Waals surface area contributed by atoms with E-state index in [1.165, 1.54) is 17.3 Å². The molecule has 0 bridgehead atoms. The van der Waals surface area contributed by atoms with Crippen molar-refractivity contribution in [1.82, 2.24) is 24.9 Å².